The second-order valence-electron chi connectivity index (χ2n) is 8.68. The zero-order chi connectivity index (χ0) is 24.4. The van der Waals surface area contributed by atoms with Crippen molar-refractivity contribution in [2.45, 2.75) is 37.9 Å². The number of imidazole rings is 1. The number of ether oxygens (including phenoxy) is 1. The molecule has 1 aromatic carbocycles. The summed E-state index contributed by atoms with van der Waals surface area (Å²) in [7, 11) is 0. The number of hydrogen-bond acceptors (Lipinski definition) is 5. The van der Waals surface area contributed by atoms with E-state index < -0.39 is 12.8 Å². The van der Waals surface area contributed by atoms with Gasteiger partial charge in [-0.2, -0.15) is 18.6 Å². The van der Waals surface area contributed by atoms with Crippen molar-refractivity contribution in [3.8, 4) is 17.1 Å². The van der Waals surface area contributed by atoms with Crippen molar-refractivity contribution in [3.63, 3.8) is 0 Å². The first kappa shape index (κ1) is 23.0. The second kappa shape index (κ2) is 9.49. The maximum Gasteiger partial charge on any atom is 0.411 e. The SMILES string of the molecule is CC(COCC(F)(F)F)n1cnnc1-c1cccc(N[n+]2ccc(-n3cnc(C4CC4)c3)cc2)c1. The van der Waals surface area contributed by atoms with Crippen LogP contribution in [0, 0.1) is 0 Å². The van der Waals surface area contributed by atoms with Gasteiger partial charge >= 0.3 is 6.18 Å². The van der Waals surface area contributed by atoms with E-state index in [0.717, 1.165) is 22.6 Å². The van der Waals surface area contributed by atoms with E-state index >= 15 is 0 Å². The van der Waals surface area contributed by atoms with Crippen molar-refractivity contribution in [2.24, 2.45) is 0 Å². The molecule has 0 aliphatic heterocycles. The smallest absolute Gasteiger partial charge is 0.370 e. The molecule has 1 N–H and O–H groups in total. The summed E-state index contributed by atoms with van der Waals surface area (Å²) in [6.45, 7) is 0.368. The van der Waals surface area contributed by atoms with Gasteiger partial charge in [0.05, 0.1) is 36.0 Å². The molecule has 3 heterocycles. The number of nitrogens with zero attached hydrogens (tertiary/aromatic N) is 6. The van der Waals surface area contributed by atoms with Gasteiger partial charge in [-0.05, 0) is 31.9 Å². The molecule has 35 heavy (non-hydrogen) atoms. The van der Waals surface area contributed by atoms with E-state index in [2.05, 4.69) is 26.8 Å². The Morgan fingerprint density at radius 2 is 1.97 bits per heavy atom. The molecular weight excluding hydrogens is 459 g/mol. The fraction of sp³-hybridized carbons (Fsp3) is 0.333. The van der Waals surface area contributed by atoms with Crippen LogP contribution in [0.3, 0.4) is 0 Å². The van der Waals surface area contributed by atoms with E-state index in [0.29, 0.717) is 11.7 Å². The normalized spacial score (nSPS) is 14.7. The van der Waals surface area contributed by atoms with Gasteiger partial charge in [-0.1, -0.05) is 16.8 Å². The summed E-state index contributed by atoms with van der Waals surface area (Å²) in [5, 5.41) is 8.12. The molecule has 1 fully saturated rings. The topological polar surface area (TPSA) is 73.7 Å². The van der Waals surface area contributed by atoms with E-state index in [1.807, 2.05) is 64.4 Å². The Bertz CT molecular complexity index is 1280. The summed E-state index contributed by atoms with van der Waals surface area (Å²) in [5.74, 6) is 1.16. The molecule has 0 amide bonds. The van der Waals surface area contributed by atoms with Crippen molar-refractivity contribution < 1.29 is 22.6 Å². The molecule has 8 nitrogen and oxygen atoms in total. The standard InChI is InChI=1S/C24H25F3N7O/c1-17(13-35-14-24(25,26)27)34-16-29-30-23(34)19-3-2-4-20(11-19)31-33-9-7-21(8-10-33)32-12-22(28-15-32)18-5-6-18/h2-4,7-12,15-18,31H,5-6,13-14H2,1H3/q+1. The number of nitrogens with one attached hydrogen (secondary N) is 1. The highest BCUT2D eigenvalue weighted by molar-refractivity contribution is 5.62. The molecule has 1 atom stereocenters. The molecule has 1 aliphatic rings. The highest BCUT2D eigenvalue weighted by Gasteiger charge is 2.28. The van der Waals surface area contributed by atoms with Crippen molar-refractivity contribution in [3.05, 3.63) is 73.3 Å². The predicted molar refractivity (Wildman–Crippen MR) is 122 cm³/mol. The number of rotatable bonds is 9. The van der Waals surface area contributed by atoms with Gasteiger partial charge in [0.1, 0.15) is 12.9 Å². The molecule has 182 valence electrons. The Labute approximate surface area is 200 Å². The van der Waals surface area contributed by atoms with Gasteiger partial charge in [0.25, 0.3) is 0 Å². The third kappa shape index (κ3) is 5.68. The zero-order valence-corrected chi connectivity index (χ0v) is 19.1. The van der Waals surface area contributed by atoms with Crippen molar-refractivity contribution >= 4 is 5.69 Å². The fourth-order valence-electron chi connectivity index (χ4n) is 3.81. The molecule has 5 rings (SSSR count). The first-order chi connectivity index (χ1) is 16.9. The van der Waals surface area contributed by atoms with Crippen LogP contribution in [0.1, 0.15) is 37.4 Å². The van der Waals surface area contributed by atoms with Crippen LogP contribution < -0.4 is 10.1 Å². The Kier molecular flexibility index (Phi) is 6.25. The van der Waals surface area contributed by atoms with Gasteiger partial charge in [-0.3, -0.25) is 0 Å². The molecule has 1 aliphatic carbocycles. The fourth-order valence-corrected chi connectivity index (χ4v) is 3.81. The minimum Gasteiger partial charge on any atom is -0.370 e. The highest BCUT2D eigenvalue weighted by Crippen LogP contribution is 2.39. The van der Waals surface area contributed by atoms with Gasteiger partial charge in [-0.15, -0.1) is 10.2 Å². The van der Waals surface area contributed by atoms with E-state index in [1.165, 1.54) is 19.2 Å². The summed E-state index contributed by atoms with van der Waals surface area (Å²) >= 11 is 0. The Hall–Kier alpha value is -3.73. The van der Waals surface area contributed by atoms with Gasteiger partial charge in [0.15, 0.2) is 5.82 Å². The van der Waals surface area contributed by atoms with Crippen LogP contribution in [0.4, 0.5) is 18.9 Å². The van der Waals surface area contributed by atoms with Crippen LogP contribution >= 0.6 is 0 Å². The molecule has 11 heteroatoms. The minimum atomic E-state index is -4.36. The molecule has 0 saturated heterocycles. The van der Waals surface area contributed by atoms with E-state index in [1.54, 1.807) is 11.5 Å². The lowest BCUT2D eigenvalue weighted by molar-refractivity contribution is -0.642. The first-order valence-electron chi connectivity index (χ1n) is 11.3. The molecule has 1 unspecified atom stereocenters. The average Bonchev–Trinajstić information content (AvgIpc) is 3.35. The molecule has 0 spiro atoms. The maximum atomic E-state index is 12.4. The van der Waals surface area contributed by atoms with Crippen LogP contribution in [0.15, 0.2) is 67.6 Å². The van der Waals surface area contributed by atoms with Gasteiger partial charge < -0.3 is 13.9 Å². The van der Waals surface area contributed by atoms with Crippen LogP contribution in [0.25, 0.3) is 17.1 Å². The van der Waals surface area contributed by atoms with Crippen LogP contribution in [0.2, 0.25) is 0 Å². The number of pyridine rings is 1. The van der Waals surface area contributed by atoms with E-state index in [4.69, 9.17) is 4.74 Å². The van der Waals surface area contributed by atoms with Gasteiger partial charge in [0, 0.05) is 29.8 Å². The summed E-state index contributed by atoms with van der Waals surface area (Å²) in [6, 6.07) is 11.2. The summed E-state index contributed by atoms with van der Waals surface area (Å²) in [5.41, 5.74) is 7.06. The predicted octanol–water partition coefficient (Wildman–Crippen LogP) is 4.31. The Morgan fingerprint density at radius 3 is 2.71 bits per heavy atom. The second-order valence-corrected chi connectivity index (χ2v) is 8.68. The lowest BCUT2D eigenvalue weighted by Gasteiger charge is -2.16. The summed E-state index contributed by atoms with van der Waals surface area (Å²) in [6.07, 6.45) is 7.34. The molecule has 0 radical (unpaired) electrons. The number of hydrogen-bond donors (Lipinski definition) is 1. The van der Waals surface area contributed by atoms with Crippen LogP contribution in [-0.2, 0) is 4.74 Å². The number of benzene rings is 1. The maximum absolute atomic E-state index is 12.4. The Balaban J connectivity index is 1.26. The first-order valence-corrected chi connectivity index (χ1v) is 11.3. The number of aromatic nitrogens is 6. The van der Waals surface area contributed by atoms with Crippen molar-refractivity contribution in [1.82, 2.24) is 24.3 Å². The summed E-state index contributed by atoms with van der Waals surface area (Å²) < 4.78 is 47.5. The average molecular weight is 485 g/mol. The highest BCUT2D eigenvalue weighted by atomic mass is 19.4. The largest absolute Gasteiger partial charge is 0.411 e. The zero-order valence-electron chi connectivity index (χ0n) is 19.1. The lowest BCUT2D eigenvalue weighted by Crippen LogP contribution is -2.41. The molecule has 0 bridgehead atoms. The molecule has 1 saturated carbocycles. The van der Waals surface area contributed by atoms with E-state index in [-0.39, 0.29) is 12.6 Å². The molecule has 3 aromatic heterocycles. The third-order valence-electron chi connectivity index (χ3n) is 5.76. The van der Waals surface area contributed by atoms with Crippen LogP contribution in [-0.4, -0.2) is 43.7 Å². The molecular formula is C24H25F3N7O+. The number of anilines is 1. The number of alkyl halides is 3. The number of halogens is 3. The van der Waals surface area contributed by atoms with Crippen molar-refractivity contribution in [1.29, 1.82) is 0 Å². The van der Waals surface area contributed by atoms with Gasteiger partial charge in [0.2, 0.25) is 12.4 Å². The summed E-state index contributed by atoms with van der Waals surface area (Å²) in [4.78, 5) is 4.50. The van der Waals surface area contributed by atoms with Gasteiger partial charge in [-0.25, -0.2) is 4.98 Å². The lowest BCUT2D eigenvalue weighted by atomic mass is 10.2. The van der Waals surface area contributed by atoms with E-state index in [9.17, 15) is 13.2 Å². The Morgan fingerprint density at radius 1 is 1.17 bits per heavy atom. The third-order valence-corrected chi connectivity index (χ3v) is 5.76. The van der Waals surface area contributed by atoms with Crippen LogP contribution in [0.5, 0.6) is 0 Å². The monoisotopic (exact) mass is 484 g/mol. The quantitative estimate of drug-likeness (QED) is 0.359. The van der Waals surface area contributed by atoms with Crippen molar-refractivity contribution in [2.75, 3.05) is 18.6 Å². The minimum absolute atomic E-state index is 0.107. The molecule has 4 aromatic rings.